The van der Waals surface area contributed by atoms with Gasteiger partial charge in [-0.05, 0) is 106 Å². The number of nitrogens with one attached hydrogen (secondary N) is 9. The van der Waals surface area contributed by atoms with E-state index in [0.29, 0.717) is 53.4 Å². The number of aliphatic hydroxyl groups is 3. The Balaban J connectivity index is 0.837. The Bertz CT molecular complexity index is 4970. The molecule has 2 saturated heterocycles. The van der Waals surface area contributed by atoms with Crippen molar-refractivity contribution in [2.24, 2.45) is 17.4 Å². The van der Waals surface area contributed by atoms with E-state index in [1.54, 1.807) is 81.6 Å². The third-order valence-corrected chi connectivity index (χ3v) is 24.8. The number of nitrogens with two attached hydrogens (primary N) is 2. The van der Waals surface area contributed by atoms with Crippen LogP contribution < -0.4 is 58.7 Å². The predicted octanol–water partition coefficient (Wildman–Crippen LogP) is 1.82. The first-order valence-electron chi connectivity index (χ1n) is 40.7. The second kappa shape index (κ2) is 41.6. The topological polar surface area (TPSA) is 548 Å². The van der Waals surface area contributed by atoms with Gasteiger partial charge in [-0.2, -0.15) is 0 Å². The molecule has 11 rings (SSSR count). The van der Waals surface area contributed by atoms with E-state index in [2.05, 4.69) is 47.5 Å². The number of hydrogen-bond donors (Lipinski definition) is 17. The van der Waals surface area contributed by atoms with Crippen LogP contribution in [0.15, 0.2) is 116 Å². The molecule has 123 heavy (non-hydrogen) atoms. The fraction of sp³-hybridized carbons (Fsp3) is 0.453. The lowest BCUT2D eigenvalue weighted by Crippen LogP contribution is -2.62. The van der Waals surface area contributed by atoms with Gasteiger partial charge in [0.25, 0.3) is 0 Å². The van der Waals surface area contributed by atoms with Gasteiger partial charge in [0.15, 0.2) is 18.7 Å². The average molecular weight is 1740 g/mol. The van der Waals surface area contributed by atoms with Crippen LogP contribution in [0.4, 0.5) is 0 Å². The number of ether oxygens (including phenoxy) is 4. The molecule has 15 atom stereocenters. The number of methoxy groups -OCH3 is 1. The minimum Gasteiger partial charge on any atom is -0.508 e. The van der Waals surface area contributed by atoms with Crippen LogP contribution in [-0.2, 0) is 92.6 Å². The number of rotatable bonds is 29. The number of aromatic hydroxyl groups is 3. The number of unbranched alkanes of at least 4 members (excludes halogenated alkanes) is 1. The number of carbonyl (C=O) groups is 13. The number of H-pyrrole nitrogens is 1. The minimum atomic E-state index is -2.59. The molecule has 0 saturated carbocycles. The number of phenolic OH excluding ortho intramolecular Hbond substituents is 3. The lowest BCUT2D eigenvalue weighted by Gasteiger charge is -2.44. The van der Waals surface area contributed by atoms with Crippen LogP contribution in [0.1, 0.15) is 151 Å². The number of aliphatic hydroxyl groups excluding tert-OH is 2. The lowest BCUT2D eigenvalue weighted by atomic mass is 9.72. The van der Waals surface area contributed by atoms with Crippen molar-refractivity contribution < 1.29 is 112 Å². The van der Waals surface area contributed by atoms with Crippen molar-refractivity contribution >= 4 is 109 Å². The van der Waals surface area contributed by atoms with Crippen LogP contribution in [0.25, 0.3) is 10.9 Å². The summed E-state index contributed by atoms with van der Waals surface area (Å²) < 4.78 is 23.5. The first-order valence-corrected chi connectivity index (χ1v) is 43.2. The molecule has 5 aromatic carbocycles. The summed E-state index contributed by atoms with van der Waals surface area (Å²) in [4.78, 5) is 193. The largest absolute Gasteiger partial charge is 0.508 e. The maximum Gasteiger partial charge on any atom is 0.306 e. The second-order valence-corrected chi connectivity index (χ2v) is 34.1. The van der Waals surface area contributed by atoms with Gasteiger partial charge >= 0.3 is 5.97 Å². The Morgan fingerprint density at radius 2 is 1.41 bits per heavy atom. The standard InChI is InChI=1S/C86H104N12O23S2/c1-43(2)71-85(116)95-59(84(115)97-72(44(3)99)78(88)109)42-123-122-41-58(83(114)92-56(34-47-26-28-49(100)29-27-47)81(112)93-57(35-48-39-89-53-21-10-9-19-50(48)53)82(113)91-54(79(110)96-71)22-11-12-30-87)94-80(111)55(33-46-17-7-6-8-18-46)90-64(102)24-16-25-65(103)119-40-63(101)86(117)37-52-68(62(38-86)121-66-36-60(73(104)45(4)120-66)98-31-13-14-32-98)77(108)70-69(75(52)106)74(105)51-20-15-23-61(118-5)67(51)76(70)107/h6-10,13,15,17-21,23,26-29,31,39,43-45,54-60,62,66,71-73,89,99-100,104,106,108,117H,11-12,14,16,22,24-25,30,32-38,40-42,87H2,1-5H3,(H2,88,109)(H,90,102)(H,91,113)(H,92,114)(H,93,112)(H,94,111)(H,95,116)(H,96,110)(H,97,115)/t44-,45+,54+,55-,56?,57-,58?,59+,60+,62+,66+,71?,72+,73-,86+/m1/s1. The zero-order valence-corrected chi connectivity index (χ0v) is 70.0. The van der Waals surface area contributed by atoms with Crippen LogP contribution in [0, 0.1) is 5.92 Å². The molecule has 658 valence electrons. The molecule has 35 nitrogen and oxygen atoms in total. The van der Waals surface area contributed by atoms with Gasteiger partial charge in [-0.25, -0.2) is 0 Å². The van der Waals surface area contributed by atoms with E-state index in [9.17, 15) is 73.8 Å². The summed E-state index contributed by atoms with van der Waals surface area (Å²) in [7, 11) is 3.05. The Kier molecular flexibility index (Phi) is 31.2. The SMILES string of the molecule is COc1cccc2c1C(=O)c1c(O)c3c(c(O)c1C2=O)C[C@@](O)(C(=O)COC(=O)CCCC(=O)N[C@H](Cc1ccccc1)C(=O)NC1CSSC[C@@H](C(=O)N[C@H](C(N)=O)[C@@H](C)O)NC(=O)C(C(C)C)NC(=O)[C@H](CCCCN)NC(=O)[C@@H](Cc2c[nH]c4ccccc24)NC(=O)C(Cc2ccc(O)cc2)NC1=O)C[C@@H]3O[C@H]1C[C@H](N2C=CCC2)[C@H](O)[C@H](C)O1. The fourth-order valence-corrected chi connectivity index (χ4v) is 18.0. The highest BCUT2D eigenvalue weighted by molar-refractivity contribution is 8.76. The Labute approximate surface area is 715 Å². The predicted molar refractivity (Wildman–Crippen MR) is 449 cm³/mol. The highest BCUT2D eigenvalue weighted by atomic mass is 33.1. The summed E-state index contributed by atoms with van der Waals surface area (Å²) in [6.45, 7) is 5.71. The van der Waals surface area contributed by atoms with Crippen molar-refractivity contribution in [1.82, 2.24) is 52.4 Å². The maximum absolute atomic E-state index is 15.4. The van der Waals surface area contributed by atoms with E-state index in [-0.39, 0.29) is 84.6 Å². The number of aromatic nitrogens is 1. The monoisotopic (exact) mass is 1740 g/mol. The number of phenols is 3. The number of primary amides is 1. The number of carbonyl (C=O) groups excluding carboxylic acids is 13. The molecule has 37 heteroatoms. The van der Waals surface area contributed by atoms with Gasteiger partial charge in [0.2, 0.25) is 64.7 Å². The van der Waals surface area contributed by atoms with Gasteiger partial charge in [0.05, 0.1) is 48.2 Å². The quantitative estimate of drug-likeness (QED) is 0.0138. The molecule has 0 radical (unpaired) electrons. The normalized spacial score (nSPS) is 24.2. The lowest BCUT2D eigenvalue weighted by molar-refractivity contribution is -0.256. The highest BCUT2D eigenvalue weighted by Crippen LogP contribution is 2.53. The van der Waals surface area contributed by atoms with Crippen molar-refractivity contribution in [3.63, 3.8) is 0 Å². The van der Waals surface area contributed by atoms with Gasteiger partial charge in [0, 0.05) is 103 Å². The number of Topliss-reactive ketones (excluding diaryl/α,β-unsaturated/α-hetero) is 1. The summed E-state index contributed by atoms with van der Waals surface area (Å²) in [6, 6.07) is 12.6. The number of ketones is 3. The van der Waals surface area contributed by atoms with E-state index >= 15 is 19.2 Å². The Morgan fingerprint density at radius 1 is 0.732 bits per heavy atom. The first-order chi connectivity index (χ1) is 58.8. The molecule has 6 aromatic rings. The third kappa shape index (κ3) is 22.5. The molecule has 3 unspecified atom stereocenters. The first kappa shape index (κ1) is 92.3. The minimum absolute atomic E-state index is 0.00346. The molecule has 1 aromatic heterocycles. The van der Waals surface area contributed by atoms with E-state index in [4.69, 9.17) is 30.4 Å². The third-order valence-electron chi connectivity index (χ3n) is 22.4. The number of benzene rings is 5. The zero-order chi connectivity index (χ0) is 88.7. The van der Waals surface area contributed by atoms with Crippen LogP contribution in [-0.4, -0.2) is 240 Å². The summed E-state index contributed by atoms with van der Waals surface area (Å²) in [6.07, 6.45) is -2.83. The number of amides is 9. The number of fused-ring (bicyclic) bond motifs is 4. The molecule has 0 bridgehead atoms. The van der Waals surface area contributed by atoms with Crippen molar-refractivity contribution in [3.05, 3.63) is 166 Å². The second-order valence-electron chi connectivity index (χ2n) is 31.6. The molecule has 2 aliphatic carbocycles. The molecular weight excluding hydrogens is 1630 g/mol. The summed E-state index contributed by atoms with van der Waals surface area (Å²) in [5.41, 5.74) is 8.88. The van der Waals surface area contributed by atoms with Crippen LogP contribution in [0.3, 0.4) is 0 Å². The Hall–Kier alpha value is -11.5. The van der Waals surface area contributed by atoms with Crippen LogP contribution in [0.2, 0.25) is 0 Å². The van der Waals surface area contributed by atoms with Crippen molar-refractivity contribution in [1.29, 1.82) is 0 Å². The fourth-order valence-electron chi connectivity index (χ4n) is 15.7. The van der Waals surface area contributed by atoms with Crippen molar-refractivity contribution in [3.8, 4) is 23.0 Å². The van der Waals surface area contributed by atoms with Crippen LogP contribution in [0.5, 0.6) is 23.0 Å². The van der Waals surface area contributed by atoms with E-state index < -0.39 is 234 Å². The van der Waals surface area contributed by atoms with E-state index in [0.717, 1.165) is 21.6 Å². The molecule has 3 aliphatic heterocycles. The molecule has 5 aliphatic rings. The number of esters is 1. The van der Waals surface area contributed by atoms with Gasteiger partial charge in [-0.15, -0.1) is 0 Å². The number of nitrogens with zero attached hydrogens (tertiary/aromatic N) is 1. The van der Waals surface area contributed by atoms with E-state index in [1.807, 2.05) is 17.2 Å². The van der Waals surface area contributed by atoms with Crippen molar-refractivity contribution in [2.45, 2.75) is 202 Å². The number of aromatic amines is 1. The average Bonchev–Trinajstić information content (AvgIpc) is 1.17. The number of hydrogen-bond acceptors (Lipinski definition) is 27. The molecule has 19 N–H and O–H groups in total. The van der Waals surface area contributed by atoms with Gasteiger partial charge in [0.1, 0.15) is 83.0 Å². The number of para-hydroxylation sites is 1. The molecule has 2 fully saturated rings. The zero-order valence-electron chi connectivity index (χ0n) is 68.4. The summed E-state index contributed by atoms with van der Waals surface area (Å²) >= 11 is 0. The molecular formula is C86H104N12O23S2. The van der Waals surface area contributed by atoms with Crippen molar-refractivity contribution in [2.75, 3.05) is 38.3 Å². The summed E-state index contributed by atoms with van der Waals surface area (Å²) in [5, 5.41) is 91.4. The molecule has 9 amide bonds. The molecule has 4 heterocycles. The van der Waals surface area contributed by atoms with E-state index in [1.165, 1.54) is 56.5 Å². The summed E-state index contributed by atoms with van der Waals surface area (Å²) in [5.74, 6) is -15.6. The van der Waals surface area contributed by atoms with Gasteiger partial charge in [-0.3, -0.25) is 62.3 Å². The highest BCUT2D eigenvalue weighted by Gasteiger charge is 2.52. The Morgan fingerprint density at radius 3 is 2.11 bits per heavy atom. The smallest absolute Gasteiger partial charge is 0.306 e. The maximum atomic E-state index is 15.4. The van der Waals surface area contributed by atoms with Gasteiger partial charge in [-0.1, -0.05) is 114 Å². The van der Waals surface area contributed by atoms with Crippen LogP contribution >= 0.6 is 21.6 Å². The molecule has 0 spiro atoms. The van der Waals surface area contributed by atoms with Gasteiger partial charge < -0.3 is 113 Å².